The van der Waals surface area contributed by atoms with E-state index < -0.39 is 48.4 Å². The second kappa shape index (κ2) is 8.51. The fourth-order valence-corrected chi connectivity index (χ4v) is 6.98. The van der Waals surface area contributed by atoms with Crippen molar-refractivity contribution in [1.82, 2.24) is 0 Å². The van der Waals surface area contributed by atoms with E-state index in [0.29, 0.717) is 4.88 Å². The zero-order valence-electron chi connectivity index (χ0n) is 17.7. The monoisotopic (exact) mass is 523 g/mol. The molecule has 5 rings (SSSR count). The third-order valence-corrected chi connectivity index (χ3v) is 8.32. The van der Waals surface area contributed by atoms with Gasteiger partial charge in [-0.2, -0.15) is 0 Å². The Morgan fingerprint density at radius 3 is 1.61 bits per heavy atom. The van der Waals surface area contributed by atoms with Crippen LogP contribution in [-0.4, -0.2) is 19.7 Å². The molecule has 12 nitrogen and oxygen atoms in total. The Morgan fingerprint density at radius 1 is 0.667 bits per heavy atom. The number of nitro benzene ring substituents is 4. The summed E-state index contributed by atoms with van der Waals surface area (Å²) in [7, 11) is 2.68. The van der Waals surface area contributed by atoms with Crippen LogP contribution in [0.3, 0.4) is 0 Å². The summed E-state index contributed by atoms with van der Waals surface area (Å²) in [5.41, 5.74) is -1.65. The molecule has 0 unspecified atom stereocenters. The molecule has 0 spiro atoms. The van der Waals surface area contributed by atoms with E-state index in [1.54, 1.807) is 6.07 Å². The van der Waals surface area contributed by atoms with E-state index in [2.05, 4.69) is 0 Å². The first-order chi connectivity index (χ1) is 17.2. The summed E-state index contributed by atoms with van der Waals surface area (Å²) >= 11 is 0. The van der Waals surface area contributed by atoms with E-state index in [9.17, 15) is 40.5 Å². The molecule has 0 bridgehead atoms. The van der Waals surface area contributed by atoms with Crippen LogP contribution in [0.25, 0.3) is 21.6 Å². The van der Waals surface area contributed by atoms with E-state index in [1.165, 1.54) is 20.7 Å². The Balaban J connectivity index is 1.86. The van der Waals surface area contributed by atoms with Gasteiger partial charge in [-0.25, -0.2) is 0 Å². The Labute approximate surface area is 207 Å². The van der Waals surface area contributed by atoms with E-state index in [4.69, 9.17) is 0 Å². The van der Waals surface area contributed by atoms with Gasteiger partial charge in [0.15, 0.2) is 10.3 Å². The van der Waals surface area contributed by atoms with E-state index >= 15 is 0 Å². The van der Waals surface area contributed by atoms with Crippen LogP contribution in [0.1, 0.15) is 21.9 Å². The van der Waals surface area contributed by atoms with Crippen LogP contribution in [-0.2, 0) is 0 Å². The molecule has 1 aliphatic rings. The summed E-state index contributed by atoms with van der Waals surface area (Å²) in [6.07, 6.45) is 0. The Bertz CT molecular complexity index is 1540. The average Bonchev–Trinajstić information content (AvgIpc) is 3.45. The summed E-state index contributed by atoms with van der Waals surface area (Å²) < 4.78 is 0. The molecule has 0 saturated carbocycles. The second-order valence-corrected chi connectivity index (χ2v) is 10.0. The van der Waals surface area contributed by atoms with Gasteiger partial charge in [0.05, 0.1) is 53.7 Å². The van der Waals surface area contributed by atoms with Crippen molar-refractivity contribution in [1.29, 1.82) is 0 Å². The summed E-state index contributed by atoms with van der Waals surface area (Å²) in [5.74, 6) is -0.911. The van der Waals surface area contributed by atoms with Crippen molar-refractivity contribution in [2.75, 3.05) is 0 Å². The van der Waals surface area contributed by atoms with Crippen LogP contribution in [0.5, 0.6) is 0 Å². The zero-order valence-corrected chi connectivity index (χ0v) is 19.4. The van der Waals surface area contributed by atoms with Gasteiger partial charge in [0.2, 0.25) is 0 Å². The van der Waals surface area contributed by atoms with Crippen LogP contribution in [0.15, 0.2) is 60.7 Å². The number of benzene rings is 3. The first-order valence-corrected chi connectivity index (χ1v) is 12.2. The summed E-state index contributed by atoms with van der Waals surface area (Å²) in [4.78, 5) is 45.3. The van der Waals surface area contributed by atoms with Crippen LogP contribution in [0.4, 0.5) is 22.7 Å². The molecule has 3 aromatic carbocycles. The van der Waals surface area contributed by atoms with Gasteiger partial charge in [-0.05, 0) is 23.3 Å². The van der Waals surface area contributed by atoms with Gasteiger partial charge in [-0.1, -0.05) is 18.2 Å². The van der Waals surface area contributed by atoms with Crippen molar-refractivity contribution in [3.63, 3.8) is 0 Å². The lowest BCUT2D eigenvalue weighted by Gasteiger charge is -2.09. The van der Waals surface area contributed by atoms with Gasteiger partial charge in [-0.3, -0.25) is 40.5 Å². The van der Waals surface area contributed by atoms with Crippen molar-refractivity contribution >= 4 is 43.4 Å². The summed E-state index contributed by atoms with van der Waals surface area (Å²) in [5, 5.41) is 47.1. The predicted molar refractivity (Wildman–Crippen MR) is 131 cm³/mol. The molecule has 1 heterocycles. The topological polar surface area (TPSA) is 173 Å². The lowest BCUT2D eigenvalue weighted by molar-refractivity contribution is -0.395. The minimum absolute atomic E-state index is 0.114. The smallest absolute Gasteiger partial charge is 0.258 e. The standard InChI is InChI=1S/C22H11N4O8S2/c27-23(28)12-6-14-20(19-10-18(35-36-19)11-4-2-1-3-5-11)15-7-13(24(29)30)9-17(26(33)34)22(15)21(14)16(8-12)25(31)32/h1-10,20H/q+1. The number of hydrogen-bond acceptors (Lipinski definition) is 9. The van der Waals surface area contributed by atoms with Crippen LogP contribution < -0.4 is 0 Å². The van der Waals surface area contributed by atoms with E-state index in [1.807, 2.05) is 30.3 Å². The molecule has 0 radical (unpaired) electrons. The molecule has 1 aliphatic carbocycles. The molecule has 0 fully saturated rings. The fraction of sp³-hybridized carbons (Fsp3) is 0.0455. The zero-order chi connectivity index (χ0) is 25.7. The van der Waals surface area contributed by atoms with Crippen molar-refractivity contribution in [3.8, 4) is 21.6 Å². The van der Waals surface area contributed by atoms with Crippen LogP contribution >= 0.6 is 20.7 Å². The number of nitrogens with zero attached hydrogens (tertiary/aromatic N) is 4. The molecular formula is C22H11N4O8S2+. The Kier molecular flexibility index (Phi) is 5.45. The highest BCUT2D eigenvalue weighted by molar-refractivity contribution is 7.70. The largest absolute Gasteiger partial charge is 0.300 e. The number of fused-ring (bicyclic) bond motifs is 3. The highest BCUT2D eigenvalue weighted by Gasteiger charge is 2.44. The Hall–Kier alpha value is -4.69. The van der Waals surface area contributed by atoms with Crippen molar-refractivity contribution < 1.29 is 19.7 Å². The third kappa shape index (κ3) is 3.64. The minimum atomic E-state index is -0.911. The first-order valence-electron chi connectivity index (χ1n) is 10.1. The van der Waals surface area contributed by atoms with Gasteiger partial charge >= 0.3 is 10.3 Å². The van der Waals surface area contributed by atoms with Gasteiger partial charge in [0, 0.05) is 23.8 Å². The lowest BCUT2D eigenvalue weighted by Crippen LogP contribution is -2.00. The maximum absolute atomic E-state index is 11.9. The molecule has 0 N–H and O–H groups in total. The van der Waals surface area contributed by atoms with Gasteiger partial charge in [0.1, 0.15) is 0 Å². The normalized spacial score (nSPS) is 12.1. The molecule has 0 saturated heterocycles. The lowest BCUT2D eigenvalue weighted by atomic mass is 9.94. The average molecular weight is 523 g/mol. The molecule has 36 heavy (non-hydrogen) atoms. The molecule has 1 aromatic heterocycles. The quantitative estimate of drug-likeness (QED) is 0.104. The molecule has 14 heteroatoms. The maximum Gasteiger partial charge on any atom is 0.300 e. The van der Waals surface area contributed by atoms with Crippen molar-refractivity contribution in [3.05, 3.63) is 117 Å². The van der Waals surface area contributed by atoms with E-state index in [0.717, 1.165) is 34.7 Å². The minimum Gasteiger partial charge on any atom is -0.258 e. The van der Waals surface area contributed by atoms with Gasteiger partial charge < -0.3 is 0 Å². The number of nitro groups is 4. The van der Waals surface area contributed by atoms with Crippen molar-refractivity contribution in [2.45, 2.75) is 5.92 Å². The molecule has 178 valence electrons. The second-order valence-electron chi connectivity index (χ2n) is 7.76. The maximum atomic E-state index is 11.9. The Morgan fingerprint density at radius 2 is 1.17 bits per heavy atom. The number of rotatable bonds is 6. The van der Waals surface area contributed by atoms with E-state index in [-0.39, 0.29) is 22.3 Å². The highest BCUT2D eigenvalue weighted by atomic mass is 32.9. The molecule has 0 aliphatic heterocycles. The summed E-state index contributed by atoms with van der Waals surface area (Å²) in [6, 6.07) is 14.9. The first kappa shape index (κ1) is 23.1. The van der Waals surface area contributed by atoms with Gasteiger partial charge in [-0.15, -0.1) is 0 Å². The summed E-state index contributed by atoms with van der Waals surface area (Å²) in [6.45, 7) is 0. The SMILES string of the molecule is O=[N+]([O-])c1cc2c(c([N+](=O)[O-])c1)-c1c(cc([N+](=O)[O-])cc1[N+](=O)[O-])C2c1cc(-c2ccccc2)[s+]s1. The number of non-ortho nitro benzene ring substituents is 2. The molecule has 4 aromatic rings. The number of hydrogen-bond donors (Lipinski definition) is 0. The molecular weight excluding hydrogens is 512 g/mol. The molecule has 0 atom stereocenters. The predicted octanol–water partition coefficient (Wildman–Crippen LogP) is 6.55. The molecule has 0 amide bonds. The van der Waals surface area contributed by atoms with Gasteiger partial charge in [0.25, 0.3) is 27.6 Å². The van der Waals surface area contributed by atoms with Crippen LogP contribution in [0, 0.1) is 40.5 Å². The third-order valence-electron chi connectivity index (χ3n) is 5.80. The van der Waals surface area contributed by atoms with Crippen molar-refractivity contribution in [2.24, 2.45) is 0 Å². The highest BCUT2D eigenvalue weighted by Crippen LogP contribution is 2.58. The fourth-order valence-electron chi connectivity index (χ4n) is 4.38. The van der Waals surface area contributed by atoms with Crippen LogP contribution in [0.2, 0.25) is 0 Å².